The van der Waals surface area contributed by atoms with E-state index in [4.69, 9.17) is 14.6 Å². The summed E-state index contributed by atoms with van der Waals surface area (Å²) in [7, 11) is 3.27. The number of hydrazone groups is 1. The monoisotopic (exact) mass is 542 g/mol. The van der Waals surface area contributed by atoms with Gasteiger partial charge < -0.3 is 14.8 Å². The number of nitrogens with one attached hydrogen (secondary N) is 1. The van der Waals surface area contributed by atoms with E-state index in [1.165, 1.54) is 11.8 Å². The van der Waals surface area contributed by atoms with E-state index in [9.17, 15) is 9.59 Å². The number of amidine groups is 1. The normalized spacial score (nSPS) is 18.6. The number of amides is 2. The Balaban J connectivity index is 1.35. The standard InChI is InChI=1S/C30H30N4O4S/c1-18-5-10-22(15-19(18)2)31-28(35)17-27-29(36)32-30(39-27)34-26(21-8-13-24(38-4)14-9-21)16-25(33-34)20-6-11-23(37-3)12-7-20/h5-15,26-27H,16-17H2,1-4H3,(H,31,35)/t26-,27-/m1/s1. The first-order chi connectivity index (χ1) is 18.8. The zero-order valence-electron chi connectivity index (χ0n) is 22.3. The molecule has 0 radical (unpaired) electrons. The van der Waals surface area contributed by atoms with Crippen molar-refractivity contribution >= 4 is 40.1 Å². The Hall–Kier alpha value is -4.11. The summed E-state index contributed by atoms with van der Waals surface area (Å²) in [6.45, 7) is 4.02. The summed E-state index contributed by atoms with van der Waals surface area (Å²) >= 11 is 1.28. The molecule has 0 bridgehead atoms. The van der Waals surface area contributed by atoms with Crippen molar-refractivity contribution in [1.29, 1.82) is 0 Å². The molecule has 2 aliphatic heterocycles. The van der Waals surface area contributed by atoms with E-state index in [-0.39, 0.29) is 24.3 Å². The van der Waals surface area contributed by atoms with Gasteiger partial charge in [0.25, 0.3) is 5.91 Å². The van der Waals surface area contributed by atoms with Crippen LogP contribution >= 0.6 is 11.8 Å². The van der Waals surface area contributed by atoms with Gasteiger partial charge in [-0.05, 0) is 84.6 Å². The smallest absolute Gasteiger partial charge is 0.262 e. The maximum absolute atomic E-state index is 12.9. The molecule has 0 unspecified atom stereocenters. The molecule has 0 saturated heterocycles. The van der Waals surface area contributed by atoms with Gasteiger partial charge in [-0.25, -0.2) is 5.01 Å². The first-order valence-electron chi connectivity index (χ1n) is 12.7. The number of aryl methyl sites for hydroxylation is 2. The lowest BCUT2D eigenvalue weighted by Gasteiger charge is -2.23. The van der Waals surface area contributed by atoms with Gasteiger partial charge in [0.1, 0.15) is 16.7 Å². The SMILES string of the molecule is COc1ccc(C2=NN(C3=NC(=O)[C@@H](CC(=O)Nc4ccc(C)c(C)c4)S3)[C@@H](c3ccc(OC)cc3)C2)cc1. The minimum absolute atomic E-state index is 0.0273. The molecule has 0 spiro atoms. The molecule has 2 heterocycles. The van der Waals surface area contributed by atoms with Crippen LogP contribution in [0.25, 0.3) is 0 Å². The number of hydrogen-bond acceptors (Lipinski definition) is 7. The number of carbonyl (C=O) groups excluding carboxylic acids is 2. The fourth-order valence-electron chi connectivity index (χ4n) is 4.53. The highest BCUT2D eigenvalue weighted by Gasteiger charge is 2.39. The molecule has 0 fully saturated rings. The van der Waals surface area contributed by atoms with Crippen LogP contribution in [-0.2, 0) is 9.59 Å². The van der Waals surface area contributed by atoms with Crippen molar-refractivity contribution in [3.05, 3.63) is 89.0 Å². The summed E-state index contributed by atoms with van der Waals surface area (Å²) in [5, 5.41) is 9.51. The van der Waals surface area contributed by atoms with E-state index in [1.807, 2.05) is 85.6 Å². The third-order valence-electron chi connectivity index (χ3n) is 6.92. The minimum atomic E-state index is -0.608. The number of ether oxygens (including phenoxy) is 2. The van der Waals surface area contributed by atoms with Crippen molar-refractivity contribution in [3.8, 4) is 11.5 Å². The molecule has 3 aromatic rings. The Kier molecular flexibility index (Phi) is 7.70. The molecule has 0 saturated carbocycles. The maximum atomic E-state index is 12.9. The van der Waals surface area contributed by atoms with Crippen molar-refractivity contribution in [2.75, 3.05) is 19.5 Å². The van der Waals surface area contributed by atoms with Crippen LogP contribution in [0.15, 0.2) is 76.8 Å². The van der Waals surface area contributed by atoms with Crippen LogP contribution in [0, 0.1) is 13.8 Å². The Morgan fingerprint density at radius 1 is 0.974 bits per heavy atom. The van der Waals surface area contributed by atoms with Crippen LogP contribution in [0.2, 0.25) is 0 Å². The third-order valence-corrected chi connectivity index (χ3v) is 8.06. The molecule has 2 atom stereocenters. The topological polar surface area (TPSA) is 92.6 Å². The molecule has 0 aromatic heterocycles. The average Bonchev–Trinajstić information content (AvgIpc) is 3.54. The zero-order valence-corrected chi connectivity index (χ0v) is 23.1. The van der Waals surface area contributed by atoms with Gasteiger partial charge in [-0.3, -0.25) is 9.59 Å². The number of hydrogen-bond donors (Lipinski definition) is 1. The van der Waals surface area contributed by atoms with Gasteiger partial charge in [0, 0.05) is 18.5 Å². The lowest BCUT2D eigenvalue weighted by molar-refractivity contribution is -0.121. The fourth-order valence-corrected chi connectivity index (χ4v) is 5.60. The molecule has 8 nitrogen and oxygen atoms in total. The first-order valence-corrected chi connectivity index (χ1v) is 13.5. The summed E-state index contributed by atoms with van der Waals surface area (Å²) in [6.07, 6.45) is 0.657. The Morgan fingerprint density at radius 2 is 1.64 bits per heavy atom. The number of nitrogens with zero attached hydrogens (tertiary/aromatic N) is 3. The molecule has 1 N–H and O–H groups in total. The van der Waals surface area contributed by atoms with E-state index in [2.05, 4.69) is 10.3 Å². The van der Waals surface area contributed by atoms with E-state index < -0.39 is 5.25 Å². The van der Waals surface area contributed by atoms with Crippen LogP contribution in [0.5, 0.6) is 11.5 Å². The summed E-state index contributed by atoms with van der Waals surface area (Å²) in [6, 6.07) is 21.2. The first kappa shape index (κ1) is 26.5. The van der Waals surface area contributed by atoms with Gasteiger partial charge in [0.05, 0.1) is 26.0 Å². The Labute approximate surface area is 232 Å². The van der Waals surface area contributed by atoms with Gasteiger partial charge in [-0.2, -0.15) is 10.1 Å². The Morgan fingerprint density at radius 3 is 2.28 bits per heavy atom. The van der Waals surface area contributed by atoms with Crippen LogP contribution in [0.3, 0.4) is 0 Å². The predicted molar refractivity (Wildman–Crippen MR) is 155 cm³/mol. The molecule has 200 valence electrons. The van der Waals surface area contributed by atoms with E-state index in [0.717, 1.165) is 39.5 Å². The Bertz CT molecular complexity index is 1450. The predicted octanol–water partition coefficient (Wildman–Crippen LogP) is 5.50. The van der Waals surface area contributed by atoms with Crippen LogP contribution in [-0.4, -0.2) is 47.2 Å². The molecule has 3 aromatic carbocycles. The number of benzene rings is 3. The van der Waals surface area contributed by atoms with Crippen molar-refractivity contribution in [1.82, 2.24) is 5.01 Å². The van der Waals surface area contributed by atoms with E-state index >= 15 is 0 Å². The maximum Gasteiger partial charge on any atom is 0.262 e. The average molecular weight is 543 g/mol. The number of anilines is 1. The van der Waals surface area contributed by atoms with Crippen molar-refractivity contribution < 1.29 is 19.1 Å². The number of rotatable bonds is 7. The molecular weight excluding hydrogens is 512 g/mol. The van der Waals surface area contributed by atoms with E-state index in [0.29, 0.717) is 17.3 Å². The summed E-state index contributed by atoms with van der Waals surface area (Å²) in [4.78, 5) is 30.0. The second-order valence-electron chi connectivity index (χ2n) is 9.50. The summed E-state index contributed by atoms with van der Waals surface area (Å²) < 4.78 is 10.6. The van der Waals surface area contributed by atoms with Gasteiger partial charge in [0.15, 0.2) is 5.17 Å². The van der Waals surface area contributed by atoms with Crippen LogP contribution < -0.4 is 14.8 Å². The molecule has 5 rings (SSSR count). The van der Waals surface area contributed by atoms with Gasteiger partial charge >= 0.3 is 0 Å². The van der Waals surface area contributed by atoms with E-state index in [1.54, 1.807) is 14.2 Å². The van der Waals surface area contributed by atoms with Crippen molar-refractivity contribution in [2.24, 2.45) is 10.1 Å². The largest absolute Gasteiger partial charge is 0.497 e. The molecule has 39 heavy (non-hydrogen) atoms. The highest BCUT2D eigenvalue weighted by Crippen LogP contribution is 2.39. The highest BCUT2D eigenvalue weighted by molar-refractivity contribution is 8.15. The number of thioether (sulfide) groups is 1. The minimum Gasteiger partial charge on any atom is -0.497 e. The quantitative estimate of drug-likeness (QED) is 0.424. The lowest BCUT2D eigenvalue weighted by atomic mass is 9.98. The van der Waals surface area contributed by atoms with Gasteiger partial charge in [-0.1, -0.05) is 30.0 Å². The molecule has 9 heteroatoms. The highest BCUT2D eigenvalue weighted by atomic mass is 32.2. The van der Waals surface area contributed by atoms with Crippen molar-refractivity contribution in [3.63, 3.8) is 0 Å². The number of carbonyl (C=O) groups is 2. The third kappa shape index (κ3) is 5.83. The summed E-state index contributed by atoms with van der Waals surface area (Å²) in [5.41, 5.74) is 5.83. The molecule has 2 aliphatic rings. The number of aliphatic imine (C=N–C) groups is 1. The second-order valence-corrected chi connectivity index (χ2v) is 10.7. The molecule has 2 amide bonds. The van der Waals surface area contributed by atoms with Crippen molar-refractivity contribution in [2.45, 2.75) is 38.0 Å². The molecule has 0 aliphatic carbocycles. The second kappa shape index (κ2) is 11.3. The van der Waals surface area contributed by atoms with Gasteiger partial charge in [0.2, 0.25) is 5.91 Å². The van der Waals surface area contributed by atoms with Crippen LogP contribution in [0.4, 0.5) is 5.69 Å². The number of methoxy groups -OCH3 is 2. The lowest BCUT2D eigenvalue weighted by Crippen LogP contribution is -2.25. The zero-order chi connectivity index (χ0) is 27.5. The fraction of sp³-hybridized carbons (Fsp3) is 0.267. The van der Waals surface area contributed by atoms with Gasteiger partial charge in [-0.15, -0.1) is 0 Å². The van der Waals surface area contributed by atoms with Crippen LogP contribution in [0.1, 0.15) is 41.1 Å². The summed E-state index contributed by atoms with van der Waals surface area (Å²) in [5.74, 6) is 0.976. The molecular formula is C30H30N4O4S.